The fourth-order valence-corrected chi connectivity index (χ4v) is 4.63. The van der Waals surface area contributed by atoms with Gasteiger partial charge in [0.2, 0.25) is 0 Å². The van der Waals surface area contributed by atoms with Crippen molar-refractivity contribution < 1.29 is 37.0 Å². The van der Waals surface area contributed by atoms with Crippen molar-refractivity contribution in [2.75, 3.05) is 14.2 Å². The summed E-state index contributed by atoms with van der Waals surface area (Å²) in [4.78, 5) is 9.76. The minimum atomic E-state index is -0.233. The summed E-state index contributed by atoms with van der Waals surface area (Å²) in [7, 11) is 3.26. The van der Waals surface area contributed by atoms with Crippen molar-refractivity contribution in [2.24, 2.45) is 9.98 Å². The minimum Gasteiger partial charge on any atom is -0.507 e. The third-order valence-corrected chi connectivity index (χ3v) is 6.82. The molecule has 37 heavy (non-hydrogen) atoms. The predicted molar refractivity (Wildman–Crippen MR) is 148 cm³/mol. The molecule has 0 spiro atoms. The topological polar surface area (TPSA) is 83.6 Å². The second kappa shape index (κ2) is 12.4. The summed E-state index contributed by atoms with van der Waals surface area (Å²) in [6.45, 7) is 12.4. The third-order valence-electron chi connectivity index (χ3n) is 6.82. The molecule has 0 unspecified atom stereocenters. The molecule has 0 amide bonds. The number of ether oxygens (including phenoxy) is 2. The van der Waals surface area contributed by atoms with Crippen LogP contribution in [-0.4, -0.2) is 48.9 Å². The number of rotatable bonds is 6. The number of aromatic hydroxyl groups is 2. The number of hydrogen-bond donors (Lipinski definition) is 2. The van der Waals surface area contributed by atoms with Gasteiger partial charge in [-0.25, -0.2) is 0 Å². The second-order valence-electron chi connectivity index (χ2n) is 11.7. The summed E-state index contributed by atoms with van der Waals surface area (Å²) in [5.74, 6) is 1.86. The van der Waals surface area contributed by atoms with Crippen molar-refractivity contribution in [3.05, 3.63) is 46.5 Å². The van der Waals surface area contributed by atoms with E-state index in [1.165, 1.54) is 0 Å². The van der Waals surface area contributed by atoms with Crippen molar-refractivity contribution in [3.63, 3.8) is 0 Å². The Morgan fingerprint density at radius 3 is 1.35 bits per heavy atom. The molecule has 7 heteroatoms. The molecule has 0 aliphatic heterocycles. The first-order valence-corrected chi connectivity index (χ1v) is 12.7. The van der Waals surface area contributed by atoms with Crippen LogP contribution in [0.1, 0.15) is 89.5 Å². The van der Waals surface area contributed by atoms with Gasteiger partial charge in [0.1, 0.15) is 23.0 Å². The quantitative estimate of drug-likeness (QED) is 0.402. The maximum Gasteiger partial charge on any atom is 0.128 e. The van der Waals surface area contributed by atoms with Crippen molar-refractivity contribution in [2.45, 2.75) is 90.1 Å². The molecular weight excluding hydrogens is 504 g/mol. The minimum absolute atomic E-state index is 0. The number of aliphatic imine (C=N–C) groups is 2. The standard InChI is InChI=1S/C30H42N2O4.Cr/c1-29(2,3)23-15-21(35-7)13-19(27(23)33)17-31-25-11-9-10-12-26(25)32-18-20-14-22(36-8)16-24(28(20)34)30(4,5)6;/h13-18,25-26,33-34H,9-12H2,1-8H3;/t25-,26-;/m1./s1. The van der Waals surface area contributed by atoms with Crippen LogP contribution in [-0.2, 0) is 28.2 Å². The molecule has 2 atom stereocenters. The van der Waals surface area contributed by atoms with Gasteiger partial charge in [0.25, 0.3) is 0 Å². The van der Waals surface area contributed by atoms with Crippen LogP contribution in [0.2, 0.25) is 0 Å². The number of phenolic OH excluding ortho intramolecular Hbond substituents is 2. The van der Waals surface area contributed by atoms with E-state index in [1.807, 2.05) is 24.3 Å². The van der Waals surface area contributed by atoms with Crippen molar-refractivity contribution in [1.82, 2.24) is 0 Å². The van der Waals surface area contributed by atoms with Crippen LogP contribution in [0.5, 0.6) is 23.0 Å². The number of methoxy groups -OCH3 is 2. The molecule has 1 fully saturated rings. The van der Waals surface area contributed by atoms with Crippen molar-refractivity contribution in [3.8, 4) is 23.0 Å². The molecule has 6 nitrogen and oxygen atoms in total. The Hall–Kier alpha value is -2.49. The number of hydrogen-bond acceptors (Lipinski definition) is 6. The van der Waals surface area contributed by atoms with Gasteiger partial charge in [-0.2, -0.15) is 0 Å². The summed E-state index contributed by atoms with van der Waals surface area (Å²) < 4.78 is 11.0. The van der Waals surface area contributed by atoms with Crippen LogP contribution in [0, 0.1) is 0 Å². The van der Waals surface area contributed by atoms with Gasteiger partial charge in [0.15, 0.2) is 0 Å². The molecule has 3 rings (SSSR count). The Balaban J connectivity index is 0.00000481. The molecular formula is C30H42CrN2O4. The van der Waals surface area contributed by atoms with E-state index >= 15 is 0 Å². The van der Waals surface area contributed by atoms with E-state index < -0.39 is 0 Å². The average Bonchev–Trinajstić information content (AvgIpc) is 2.81. The van der Waals surface area contributed by atoms with Crippen LogP contribution in [0.25, 0.3) is 0 Å². The first-order valence-electron chi connectivity index (χ1n) is 12.7. The average molecular weight is 547 g/mol. The Morgan fingerprint density at radius 1 is 0.703 bits per heavy atom. The molecule has 1 aliphatic rings. The summed E-state index contributed by atoms with van der Waals surface area (Å²) in [5, 5.41) is 21.9. The van der Waals surface area contributed by atoms with Gasteiger partial charge >= 0.3 is 0 Å². The van der Waals surface area contributed by atoms with Crippen LogP contribution in [0.15, 0.2) is 34.3 Å². The molecule has 202 valence electrons. The van der Waals surface area contributed by atoms with E-state index in [-0.39, 0.29) is 51.8 Å². The number of nitrogens with zero attached hydrogens (tertiary/aromatic N) is 2. The normalized spacial score (nSPS) is 18.7. The second-order valence-corrected chi connectivity index (χ2v) is 11.7. The monoisotopic (exact) mass is 546 g/mol. The maximum atomic E-state index is 10.9. The van der Waals surface area contributed by atoms with E-state index in [4.69, 9.17) is 19.5 Å². The molecule has 2 N–H and O–H groups in total. The molecule has 0 aromatic heterocycles. The zero-order valence-electron chi connectivity index (χ0n) is 23.5. The first-order chi connectivity index (χ1) is 16.8. The van der Waals surface area contributed by atoms with Crippen LogP contribution in [0.4, 0.5) is 0 Å². The smallest absolute Gasteiger partial charge is 0.128 e. The fourth-order valence-electron chi connectivity index (χ4n) is 4.63. The Kier molecular flexibility index (Phi) is 10.3. The molecule has 0 heterocycles. The largest absolute Gasteiger partial charge is 0.507 e. The van der Waals surface area contributed by atoms with Gasteiger partial charge in [-0.1, -0.05) is 54.4 Å². The van der Waals surface area contributed by atoms with Gasteiger partial charge in [0, 0.05) is 52.0 Å². The van der Waals surface area contributed by atoms with Crippen molar-refractivity contribution >= 4 is 12.4 Å². The van der Waals surface area contributed by atoms with Crippen molar-refractivity contribution in [1.29, 1.82) is 0 Å². The van der Waals surface area contributed by atoms with E-state index in [2.05, 4.69) is 41.5 Å². The summed E-state index contributed by atoms with van der Waals surface area (Å²) in [5.41, 5.74) is 2.47. The Labute approximate surface area is 233 Å². The van der Waals surface area contributed by atoms with Crippen LogP contribution >= 0.6 is 0 Å². The molecule has 0 radical (unpaired) electrons. The van der Waals surface area contributed by atoms with Crippen LogP contribution < -0.4 is 9.47 Å². The zero-order valence-corrected chi connectivity index (χ0v) is 24.7. The van der Waals surface area contributed by atoms with Gasteiger partial charge in [-0.3, -0.25) is 9.98 Å². The van der Waals surface area contributed by atoms with E-state index in [9.17, 15) is 10.2 Å². The predicted octanol–water partition coefficient (Wildman–Crippen LogP) is 6.56. The first kappa shape index (κ1) is 30.7. The fraction of sp³-hybridized carbons (Fsp3) is 0.533. The van der Waals surface area contributed by atoms with Crippen LogP contribution in [0.3, 0.4) is 0 Å². The van der Waals surface area contributed by atoms with Gasteiger partial charge in [-0.05, 0) is 47.9 Å². The summed E-state index contributed by atoms with van der Waals surface area (Å²) in [6, 6.07) is 7.39. The number of phenols is 2. The van der Waals surface area contributed by atoms with Gasteiger partial charge in [-0.15, -0.1) is 0 Å². The summed E-state index contributed by atoms with van der Waals surface area (Å²) in [6.07, 6.45) is 7.53. The molecule has 2 aromatic carbocycles. The number of benzene rings is 2. The summed E-state index contributed by atoms with van der Waals surface area (Å²) >= 11 is 0. The third kappa shape index (κ3) is 7.52. The SMILES string of the molecule is COc1cc(C=N[C@@H]2CCCC[C@H]2N=Cc2cc(OC)cc(C(C)(C)C)c2O)c(O)c(C(C)(C)C)c1.[Cr]. The molecule has 2 aromatic rings. The molecule has 0 saturated heterocycles. The van der Waals surface area contributed by atoms with E-state index in [1.54, 1.807) is 26.6 Å². The molecule has 1 aliphatic carbocycles. The van der Waals surface area contributed by atoms with Gasteiger partial charge in [0.05, 0.1) is 26.3 Å². The van der Waals surface area contributed by atoms with E-state index in [0.29, 0.717) is 22.6 Å². The van der Waals surface area contributed by atoms with E-state index in [0.717, 1.165) is 36.8 Å². The maximum absolute atomic E-state index is 10.9. The molecule has 0 bridgehead atoms. The van der Waals surface area contributed by atoms with Gasteiger partial charge < -0.3 is 19.7 Å². The molecule has 1 saturated carbocycles. The Morgan fingerprint density at radius 2 is 1.05 bits per heavy atom. The Bertz CT molecular complexity index is 1040. The zero-order chi connectivity index (χ0) is 26.7.